The molecule has 0 aromatic heterocycles. The van der Waals surface area contributed by atoms with Gasteiger partial charge in [-0.3, -0.25) is 4.79 Å². The lowest BCUT2D eigenvalue weighted by molar-refractivity contribution is -0.140. The molecule has 0 aromatic carbocycles. The average molecular weight is 271 g/mol. The number of nitrogens with zero attached hydrogens (tertiary/aromatic N) is 1. The Bertz CT molecular complexity index is 384. The minimum absolute atomic E-state index is 0.0224. The molecule has 0 N–H and O–H groups in total. The number of carbonyl (C=O) groups is 3. The Kier molecular flexibility index (Phi) is 6.01. The summed E-state index contributed by atoms with van der Waals surface area (Å²) < 4.78 is 14.1. The predicted molar refractivity (Wildman–Crippen MR) is 64.1 cm³/mol. The number of hydrogen-bond donors (Lipinski definition) is 0. The highest BCUT2D eigenvalue weighted by molar-refractivity contribution is 6.00. The molecule has 0 radical (unpaired) electrons. The van der Waals surface area contributed by atoms with Crippen molar-refractivity contribution in [2.24, 2.45) is 0 Å². The first-order valence-electron chi connectivity index (χ1n) is 5.80. The fourth-order valence-corrected chi connectivity index (χ4v) is 1.60. The van der Waals surface area contributed by atoms with Gasteiger partial charge in [-0.1, -0.05) is 0 Å². The molecule has 1 heterocycles. The normalized spacial score (nSPS) is 15.9. The van der Waals surface area contributed by atoms with Crippen molar-refractivity contribution in [3.05, 3.63) is 11.6 Å². The van der Waals surface area contributed by atoms with E-state index in [0.717, 1.165) is 6.08 Å². The smallest absolute Gasteiger partial charge is 0.334 e. The molecular formula is C12H17NO6. The van der Waals surface area contributed by atoms with Gasteiger partial charge >= 0.3 is 11.9 Å². The monoisotopic (exact) mass is 271 g/mol. The number of esters is 2. The molecular weight excluding hydrogens is 254 g/mol. The molecule has 0 saturated carbocycles. The molecule has 1 aliphatic heterocycles. The van der Waals surface area contributed by atoms with E-state index in [2.05, 4.69) is 9.47 Å². The Morgan fingerprint density at radius 1 is 1.16 bits per heavy atom. The van der Waals surface area contributed by atoms with Gasteiger partial charge in [0.25, 0.3) is 0 Å². The van der Waals surface area contributed by atoms with E-state index < -0.39 is 11.9 Å². The zero-order valence-corrected chi connectivity index (χ0v) is 11.0. The van der Waals surface area contributed by atoms with Gasteiger partial charge in [-0.05, 0) is 0 Å². The van der Waals surface area contributed by atoms with Gasteiger partial charge in [-0.2, -0.15) is 0 Å². The summed E-state index contributed by atoms with van der Waals surface area (Å²) >= 11 is 0. The molecule has 1 amide bonds. The lowest BCUT2D eigenvalue weighted by Gasteiger charge is -2.27. The molecule has 7 heteroatoms. The van der Waals surface area contributed by atoms with E-state index in [9.17, 15) is 14.4 Å². The van der Waals surface area contributed by atoms with Crippen LogP contribution in [0.25, 0.3) is 0 Å². The Balaban J connectivity index is 2.71. The minimum atomic E-state index is -0.716. The topological polar surface area (TPSA) is 82.1 Å². The highest BCUT2D eigenvalue weighted by atomic mass is 16.5. The van der Waals surface area contributed by atoms with Gasteiger partial charge in [-0.25, -0.2) is 9.59 Å². The van der Waals surface area contributed by atoms with Gasteiger partial charge in [0, 0.05) is 19.2 Å². The van der Waals surface area contributed by atoms with Crippen molar-refractivity contribution in [2.45, 2.75) is 6.42 Å². The van der Waals surface area contributed by atoms with E-state index in [1.807, 2.05) is 0 Å². The zero-order chi connectivity index (χ0) is 14.3. The number of rotatable bonds is 4. The summed E-state index contributed by atoms with van der Waals surface area (Å²) in [6.45, 7) is 1.90. The molecule has 1 rings (SSSR count). The summed E-state index contributed by atoms with van der Waals surface area (Å²) in [7, 11) is 2.38. The van der Waals surface area contributed by atoms with Crippen LogP contribution in [0.15, 0.2) is 11.6 Å². The maximum Gasteiger partial charge on any atom is 0.334 e. The van der Waals surface area contributed by atoms with E-state index in [0.29, 0.717) is 26.3 Å². The van der Waals surface area contributed by atoms with Crippen molar-refractivity contribution in [3.8, 4) is 0 Å². The van der Waals surface area contributed by atoms with Crippen LogP contribution in [0.5, 0.6) is 0 Å². The summed E-state index contributed by atoms with van der Waals surface area (Å²) in [5.74, 6) is -1.66. The van der Waals surface area contributed by atoms with Crippen molar-refractivity contribution in [2.75, 3.05) is 40.5 Å². The molecule has 7 nitrogen and oxygen atoms in total. The second-order valence-electron chi connectivity index (χ2n) is 3.85. The van der Waals surface area contributed by atoms with Crippen LogP contribution in [0.1, 0.15) is 6.42 Å². The third kappa shape index (κ3) is 4.70. The van der Waals surface area contributed by atoms with Gasteiger partial charge < -0.3 is 19.1 Å². The molecule has 0 unspecified atom stereocenters. The van der Waals surface area contributed by atoms with E-state index in [1.165, 1.54) is 14.2 Å². The first kappa shape index (κ1) is 15.2. The maximum atomic E-state index is 12.0. The molecule has 1 saturated heterocycles. The Morgan fingerprint density at radius 3 is 2.32 bits per heavy atom. The second kappa shape index (κ2) is 7.52. The lowest BCUT2D eigenvalue weighted by atomic mass is 10.1. The van der Waals surface area contributed by atoms with Crippen LogP contribution >= 0.6 is 0 Å². The van der Waals surface area contributed by atoms with Crippen LogP contribution in [0.2, 0.25) is 0 Å². The molecule has 0 bridgehead atoms. The maximum absolute atomic E-state index is 12.0. The highest BCUT2D eigenvalue weighted by Crippen LogP contribution is 2.09. The van der Waals surface area contributed by atoms with Gasteiger partial charge in [0.15, 0.2) is 0 Å². The van der Waals surface area contributed by atoms with Crippen molar-refractivity contribution in [1.82, 2.24) is 4.90 Å². The number of amides is 1. The summed E-state index contributed by atoms with van der Waals surface area (Å²) in [6.07, 6.45) is 0.784. The third-order valence-corrected chi connectivity index (χ3v) is 2.65. The Hall–Kier alpha value is -1.89. The largest absolute Gasteiger partial charge is 0.466 e. The fourth-order valence-electron chi connectivity index (χ4n) is 1.60. The van der Waals surface area contributed by atoms with E-state index in [-0.39, 0.29) is 17.9 Å². The molecule has 0 aliphatic carbocycles. The number of carbonyl (C=O) groups excluding carboxylic acids is 3. The molecule has 19 heavy (non-hydrogen) atoms. The standard InChI is InChI=1S/C12H17NO6/c1-17-11(15)8-9(12(16)18-2)7-10(14)13-3-5-19-6-4-13/h8H,3-7H2,1-2H3/b9-8+. The van der Waals surface area contributed by atoms with Crippen LogP contribution in [-0.2, 0) is 28.6 Å². The summed E-state index contributed by atoms with van der Waals surface area (Å²) in [6, 6.07) is 0. The third-order valence-electron chi connectivity index (χ3n) is 2.65. The van der Waals surface area contributed by atoms with Crippen LogP contribution in [-0.4, -0.2) is 63.3 Å². The van der Waals surface area contributed by atoms with Gasteiger partial charge in [-0.15, -0.1) is 0 Å². The summed E-state index contributed by atoms with van der Waals surface area (Å²) in [5, 5.41) is 0. The second-order valence-corrected chi connectivity index (χ2v) is 3.85. The first-order valence-corrected chi connectivity index (χ1v) is 5.80. The Morgan fingerprint density at radius 2 is 1.79 bits per heavy atom. The van der Waals surface area contributed by atoms with Crippen LogP contribution < -0.4 is 0 Å². The van der Waals surface area contributed by atoms with Crippen molar-refractivity contribution < 1.29 is 28.6 Å². The van der Waals surface area contributed by atoms with E-state index in [4.69, 9.17) is 4.74 Å². The minimum Gasteiger partial charge on any atom is -0.466 e. The van der Waals surface area contributed by atoms with Crippen LogP contribution in [0.3, 0.4) is 0 Å². The highest BCUT2D eigenvalue weighted by Gasteiger charge is 2.22. The summed E-state index contributed by atoms with van der Waals surface area (Å²) in [4.78, 5) is 36.2. The Labute approximate surface area is 111 Å². The van der Waals surface area contributed by atoms with Crippen LogP contribution in [0, 0.1) is 0 Å². The SMILES string of the molecule is COC(=O)/C=C(\CC(=O)N1CCOCC1)C(=O)OC. The number of ether oxygens (including phenoxy) is 3. The molecule has 1 aliphatic rings. The van der Waals surface area contributed by atoms with E-state index in [1.54, 1.807) is 4.90 Å². The van der Waals surface area contributed by atoms with Crippen molar-refractivity contribution in [3.63, 3.8) is 0 Å². The zero-order valence-electron chi connectivity index (χ0n) is 11.0. The summed E-state index contributed by atoms with van der Waals surface area (Å²) in [5.41, 5.74) is -0.0224. The van der Waals surface area contributed by atoms with Crippen molar-refractivity contribution >= 4 is 17.8 Å². The van der Waals surface area contributed by atoms with Crippen LogP contribution in [0.4, 0.5) is 0 Å². The van der Waals surface area contributed by atoms with Gasteiger partial charge in [0.2, 0.25) is 5.91 Å². The number of methoxy groups -OCH3 is 2. The lowest BCUT2D eigenvalue weighted by Crippen LogP contribution is -2.41. The fraction of sp³-hybridized carbons (Fsp3) is 0.583. The van der Waals surface area contributed by atoms with Crippen molar-refractivity contribution in [1.29, 1.82) is 0 Å². The first-order chi connectivity index (χ1) is 9.08. The van der Waals surface area contributed by atoms with Gasteiger partial charge in [0.1, 0.15) is 0 Å². The molecule has 1 fully saturated rings. The number of hydrogen-bond acceptors (Lipinski definition) is 6. The van der Waals surface area contributed by atoms with E-state index >= 15 is 0 Å². The molecule has 106 valence electrons. The molecule has 0 atom stereocenters. The molecule has 0 aromatic rings. The van der Waals surface area contributed by atoms with Gasteiger partial charge in [0.05, 0.1) is 39.4 Å². The predicted octanol–water partition coefficient (Wildman–Crippen LogP) is -0.492. The quantitative estimate of drug-likeness (QED) is 0.507. The number of morpholine rings is 1. The average Bonchev–Trinajstić information content (AvgIpc) is 2.46. The molecule has 0 spiro atoms.